The summed E-state index contributed by atoms with van der Waals surface area (Å²) in [4.78, 5) is 10.2. The van der Waals surface area contributed by atoms with Crippen LogP contribution >= 0.6 is 12.4 Å². The first-order valence-corrected chi connectivity index (χ1v) is 8.11. The number of nitrogens with zero attached hydrogens (tertiary/aromatic N) is 3. The molecular weight excluding hydrogens is 376 g/mol. The fourth-order valence-corrected chi connectivity index (χ4v) is 2.64. The van der Waals surface area contributed by atoms with Crippen LogP contribution in [0.25, 0.3) is 0 Å². The molecule has 1 atom stereocenters. The van der Waals surface area contributed by atoms with Gasteiger partial charge in [0.15, 0.2) is 17.8 Å². The van der Waals surface area contributed by atoms with Crippen molar-refractivity contribution in [3.05, 3.63) is 65.7 Å². The predicted octanol–water partition coefficient (Wildman–Crippen LogP) is 2.80. The molecule has 27 heavy (non-hydrogen) atoms. The summed E-state index contributed by atoms with van der Waals surface area (Å²) in [5.41, 5.74) is 12.7. The molecule has 2 aromatic rings. The molecule has 0 bridgehead atoms. The van der Waals surface area contributed by atoms with Crippen molar-refractivity contribution in [3.63, 3.8) is 0 Å². The van der Waals surface area contributed by atoms with Crippen LogP contribution in [0.15, 0.2) is 58.5 Å². The Morgan fingerprint density at radius 3 is 2.48 bits per heavy atom. The zero-order valence-corrected chi connectivity index (χ0v) is 15.2. The fourth-order valence-electron chi connectivity index (χ4n) is 2.64. The molecular formula is C18H20ClF2N5O. The lowest BCUT2D eigenvalue weighted by molar-refractivity contribution is 0.257. The van der Waals surface area contributed by atoms with Crippen molar-refractivity contribution < 1.29 is 13.5 Å². The maximum atomic E-state index is 13.2. The summed E-state index contributed by atoms with van der Waals surface area (Å²) in [5, 5.41) is 0. The van der Waals surface area contributed by atoms with Gasteiger partial charge < -0.3 is 21.1 Å². The molecule has 4 N–H and O–H groups in total. The largest absolute Gasteiger partial charge is 0.493 e. The number of hydrogen-bond acceptors (Lipinski definition) is 6. The van der Waals surface area contributed by atoms with Crippen LogP contribution in [0.3, 0.4) is 0 Å². The van der Waals surface area contributed by atoms with Crippen molar-refractivity contribution in [3.8, 4) is 5.75 Å². The van der Waals surface area contributed by atoms with Crippen LogP contribution in [0.4, 0.5) is 8.78 Å². The monoisotopic (exact) mass is 395 g/mol. The molecule has 1 heterocycles. The van der Waals surface area contributed by atoms with Gasteiger partial charge in [0, 0.05) is 12.6 Å². The minimum atomic E-state index is -0.941. The van der Waals surface area contributed by atoms with Gasteiger partial charge in [-0.25, -0.2) is 13.8 Å². The molecule has 6 nitrogen and oxygen atoms in total. The van der Waals surface area contributed by atoms with Crippen LogP contribution in [0.1, 0.15) is 18.2 Å². The number of benzene rings is 2. The van der Waals surface area contributed by atoms with E-state index in [4.69, 9.17) is 16.2 Å². The van der Waals surface area contributed by atoms with Crippen LogP contribution in [0, 0.1) is 11.6 Å². The van der Waals surface area contributed by atoms with Crippen LogP contribution < -0.4 is 16.2 Å². The Balaban J connectivity index is 0.00000261. The van der Waals surface area contributed by atoms with Gasteiger partial charge in [-0.2, -0.15) is 4.99 Å². The van der Waals surface area contributed by atoms with Crippen molar-refractivity contribution in [2.24, 2.45) is 21.5 Å². The fraction of sp³-hybridized carbons (Fsp3) is 0.222. The Morgan fingerprint density at radius 1 is 1.04 bits per heavy atom. The Morgan fingerprint density at radius 2 is 1.78 bits per heavy atom. The highest BCUT2D eigenvalue weighted by molar-refractivity contribution is 5.95. The van der Waals surface area contributed by atoms with Gasteiger partial charge in [-0.05, 0) is 24.1 Å². The van der Waals surface area contributed by atoms with Gasteiger partial charge >= 0.3 is 0 Å². The number of nitrogens with two attached hydrogens (primary N) is 2. The summed E-state index contributed by atoms with van der Waals surface area (Å²) in [7, 11) is 0. The average molecular weight is 396 g/mol. The molecule has 0 aliphatic carbocycles. The van der Waals surface area contributed by atoms with Gasteiger partial charge in [0.25, 0.3) is 0 Å². The lowest BCUT2D eigenvalue weighted by Crippen LogP contribution is -2.44. The maximum absolute atomic E-state index is 13.2. The SMILES string of the molecule is Cl.NC1=NC(c2ccccc2)N(CCCOc2ccc(F)c(F)c2)C(N)=N1. The lowest BCUT2D eigenvalue weighted by atomic mass is 10.1. The second kappa shape index (κ2) is 9.18. The standard InChI is InChI=1S/C18H19F2N5O.ClH/c19-14-8-7-13(11-15(14)20)26-10-4-9-25-16(12-5-2-1-3-6-12)23-17(21)24-18(25)22;/h1-3,5-8,11,16H,4,9-10H2,(H4,21,22,23,24);1H. The molecule has 0 saturated carbocycles. The minimum absolute atomic E-state index is 0. The second-order valence-electron chi connectivity index (χ2n) is 5.71. The molecule has 144 valence electrons. The number of rotatable bonds is 6. The van der Waals surface area contributed by atoms with E-state index in [2.05, 4.69) is 9.98 Å². The van der Waals surface area contributed by atoms with E-state index in [9.17, 15) is 8.78 Å². The van der Waals surface area contributed by atoms with Crippen LogP contribution in [-0.4, -0.2) is 30.0 Å². The number of hydrogen-bond donors (Lipinski definition) is 2. The summed E-state index contributed by atoms with van der Waals surface area (Å²) in [6.07, 6.45) is 0.213. The molecule has 0 radical (unpaired) electrons. The Hall–Kier alpha value is -2.87. The lowest BCUT2D eigenvalue weighted by Gasteiger charge is -2.32. The highest BCUT2D eigenvalue weighted by Crippen LogP contribution is 2.24. The molecule has 2 aromatic carbocycles. The van der Waals surface area contributed by atoms with E-state index < -0.39 is 11.6 Å². The van der Waals surface area contributed by atoms with Crippen molar-refractivity contribution in [2.75, 3.05) is 13.2 Å². The number of ether oxygens (including phenoxy) is 1. The summed E-state index contributed by atoms with van der Waals surface area (Å²) in [5.74, 6) is -1.17. The third-order valence-corrected chi connectivity index (χ3v) is 3.87. The van der Waals surface area contributed by atoms with Gasteiger partial charge in [-0.1, -0.05) is 30.3 Å². The third-order valence-electron chi connectivity index (χ3n) is 3.87. The Bertz CT molecular complexity index is 832. The third kappa shape index (κ3) is 5.07. The van der Waals surface area contributed by atoms with Crippen molar-refractivity contribution in [1.29, 1.82) is 0 Å². The number of halogens is 3. The van der Waals surface area contributed by atoms with Gasteiger partial charge in [-0.15, -0.1) is 12.4 Å². The summed E-state index contributed by atoms with van der Waals surface area (Å²) in [6, 6.07) is 13.0. The molecule has 0 saturated heterocycles. The van der Waals surface area contributed by atoms with E-state index in [-0.39, 0.29) is 36.2 Å². The molecule has 1 unspecified atom stereocenters. The molecule has 0 amide bonds. The molecule has 0 spiro atoms. The second-order valence-corrected chi connectivity index (χ2v) is 5.71. The number of guanidine groups is 2. The van der Waals surface area contributed by atoms with E-state index in [1.54, 1.807) is 0 Å². The van der Waals surface area contributed by atoms with Gasteiger partial charge in [0.1, 0.15) is 5.75 Å². The molecule has 0 aromatic heterocycles. The Labute approximate surface area is 162 Å². The Kier molecular flexibility index (Phi) is 6.95. The van der Waals surface area contributed by atoms with E-state index >= 15 is 0 Å². The van der Waals surface area contributed by atoms with Gasteiger partial charge in [0.05, 0.1) is 6.61 Å². The van der Waals surface area contributed by atoms with Gasteiger partial charge in [-0.3, -0.25) is 0 Å². The molecule has 1 aliphatic heterocycles. The highest BCUT2D eigenvalue weighted by atomic mass is 35.5. The van der Waals surface area contributed by atoms with Crippen LogP contribution in [0.5, 0.6) is 5.75 Å². The maximum Gasteiger partial charge on any atom is 0.220 e. The van der Waals surface area contributed by atoms with Crippen molar-refractivity contribution >= 4 is 24.3 Å². The van der Waals surface area contributed by atoms with Crippen molar-refractivity contribution in [2.45, 2.75) is 12.6 Å². The zero-order chi connectivity index (χ0) is 18.5. The van der Waals surface area contributed by atoms with Crippen LogP contribution in [-0.2, 0) is 0 Å². The summed E-state index contributed by atoms with van der Waals surface area (Å²) >= 11 is 0. The molecule has 0 fully saturated rings. The molecule has 9 heteroatoms. The smallest absolute Gasteiger partial charge is 0.220 e. The summed E-state index contributed by atoms with van der Waals surface area (Å²) < 4.78 is 31.6. The first-order chi connectivity index (χ1) is 12.5. The normalized spacial score (nSPS) is 16.2. The van der Waals surface area contributed by atoms with Crippen molar-refractivity contribution in [1.82, 2.24) is 4.90 Å². The minimum Gasteiger partial charge on any atom is -0.493 e. The first-order valence-electron chi connectivity index (χ1n) is 8.11. The quantitative estimate of drug-likeness (QED) is 0.736. The van der Waals surface area contributed by atoms with E-state index in [0.29, 0.717) is 19.6 Å². The number of aliphatic imine (C=N–C) groups is 2. The summed E-state index contributed by atoms with van der Waals surface area (Å²) in [6.45, 7) is 0.810. The molecule has 3 rings (SSSR count). The predicted molar refractivity (Wildman–Crippen MR) is 103 cm³/mol. The zero-order valence-electron chi connectivity index (χ0n) is 14.4. The average Bonchev–Trinajstić information content (AvgIpc) is 2.63. The van der Waals surface area contributed by atoms with E-state index in [1.165, 1.54) is 6.07 Å². The van der Waals surface area contributed by atoms with E-state index in [1.807, 2.05) is 35.2 Å². The van der Waals surface area contributed by atoms with Crippen LogP contribution in [0.2, 0.25) is 0 Å². The highest BCUT2D eigenvalue weighted by Gasteiger charge is 2.25. The first kappa shape index (κ1) is 20.4. The molecule has 1 aliphatic rings. The van der Waals surface area contributed by atoms with E-state index in [0.717, 1.165) is 17.7 Å². The van der Waals surface area contributed by atoms with Gasteiger partial charge in [0.2, 0.25) is 11.9 Å². The topological polar surface area (TPSA) is 89.2 Å².